The highest BCUT2D eigenvalue weighted by molar-refractivity contribution is 6.11. The van der Waals surface area contributed by atoms with E-state index in [9.17, 15) is 4.79 Å². The minimum absolute atomic E-state index is 0.128. The number of fused-ring (bicyclic) bond motifs is 2. The van der Waals surface area contributed by atoms with Crippen molar-refractivity contribution >= 4 is 22.5 Å². The van der Waals surface area contributed by atoms with E-state index in [2.05, 4.69) is 15.5 Å². The van der Waals surface area contributed by atoms with Crippen LogP contribution in [0.4, 0.5) is 5.69 Å². The molecule has 1 amide bonds. The molecule has 6 nitrogen and oxygen atoms in total. The number of rotatable bonds is 4. The molecule has 2 N–H and O–H groups in total. The van der Waals surface area contributed by atoms with Gasteiger partial charge in [-0.05, 0) is 39.0 Å². The van der Waals surface area contributed by atoms with Crippen molar-refractivity contribution in [3.8, 4) is 11.5 Å². The first kappa shape index (κ1) is 16.4. The van der Waals surface area contributed by atoms with Crippen LogP contribution in [0.3, 0.4) is 0 Å². The Morgan fingerprint density at radius 1 is 1.38 bits per heavy atom. The van der Waals surface area contributed by atoms with Gasteiger partial charge in [-0.25, -0.2) is 0 Å². The van der Waals surface area contributed by atoms with Gasteiger partial charge in [-0.1, -0.05) is 11.6 Å². The fourth-order valence-electron chi connectivity index (χ4n) is 3.29. The molecule has 134 valence electrons. The third-order valence-electron chi connectivity index (χ3n) is 4.48. The lowest BCUT2D eigenvalue weighted by Crippen LogP contribution is -2.14. The van der Waals surface area contributed by atoms with E-state index < -0.39 is 0 Å². The lowest BCUT2D eigenvalue weighted by Gasteiger charge is -2.13. The Morgan fingerprint density at radius 2 is 2.23 bits per heavy atom. The number of aromatic nitrogens is 2. The number of aryl methyl sites for hydroxylation is 1. The van der Waals surface area contributed by atoms with Crippen molar-refractivity contribution in [1.29, 1.82) is 0 Å². The molecule has 3 aromatic rings. The van der Waals surface area contributed by atoms with E-state index in [1.807, 2.05) is 51.1 Å². The number of ether oxygens (including phenoxy) is 2. The number of hydrogen-bond acceptors (Lipinski definition) is 4. The number of carbonyl (C=O) groups is 1. The summed E-state index contributed by atoms with van der Waals surface area (Å²) in [6, 6.07) is 9.64. The maximum absolute atomic E-state index is 12.8. The Kier molecular flexibility index (Phi) is 4.03. The molecule has 0 spiro atoms. The van der Waals surface area contributed by atoms with Crippen LogP contribution >= 0.6 is 0 Å². The average molecular weight is 351 g/mol. The van der Waals surface area contributed by atoms with Gasteiger partial charge in [0.05, 0.1) is 17.8 Å². The number of carbonyl (C=O) groups excluding carboxylic acids is 1. The summed E-state index contributed by atoms with van der Waals surface area (Å²) in [4.78, 5) is 12.8. The van der Waals surface area contributed by atoms with Crippen LogP contribution in [0, 0.1) is 6.92 Å². The first-order chi connectivity index (χ1) is 12.5. The molecule has 1 unspecified atom stereocenters. The maximum Gasteiger partial charge on any atom is 0.276 e. The Hall–Kier alpha value is -3.02. The van der Waals surface area contributed by atoms with Crippen molar-refractivity contribution in [3.63, 3.8) is 0 Å². The summed E-state index contributed by atoms with van der Waals surface area (Å²) in [6.07, 6.45) is 0.969. The molecule has 1 aromatic heterocycles. The number of benzene rings is 2. The summed E-state index contributed by atoms with van der Waals surface area (Å²) in [5.74, 6) is 1.15. The number of aromatic amines is 1. The first-order valence-electron chi connectivity index (χ1n) is 8.77. The van der Waals surface area contributed by atoms with E-state index in [1.54, 1.807) is 0 Å². The molecule has 2 aromatic carbocycles. The minimum Gasteiger partial charge on any atom is -0.492 e. The van der Waals surface area contributed by atoms with E-state index in [0.29, 0.717) is 23.7 Å². The number of nitrogens with one attached hydrogen (secondary N) is 2. The van der Waals surface area contributed by atoms with Crippen molar-refractivity contribution in [2.24, 2.45) is 0 Å². The lowest BCUT2D eigenvalue weighted by molar-refractivity contribution is 0.102. The molecule has 0 saturated heterocycles. The second-order valence-corrected chi connectivity index (χ2v) is 6.60. The molecule has 1 aliphatic rings. The highest BCUT2D eigenvalue weighted by atomic mass is 16.5. The average Bonchev–Trinajstić information content (AvgIpc) is 3.17. The summed E-state index contributed by atoms with van der Waals surface area (Å²) < 4.78 is 11.5. The Morgan fingerprint density at radius 3 is 3.04 bits per heavy atom. The largest absolute Gasteiger partial charge is 0.492 e. The Balaban J connectivity index is 1.68. The molecular weight excluding hydrogens is 330 g/mol. The molecule has 0 aliphatic carbocycles. The molecule has 4 rings (SSSR count). The normalized spacial score (nSPS) is 15.6. The van der Waals surface area contributed by atoms with E-state index in [-0.39, 0.29) is 12.0 Å². The highest BCUT2D eigenvalue weighted by Gasteiger charge is 2.23. The predicted octanol–water partition coefficient (Wildman–Crippen LogP) is 3.85. The molecule has 1 atom stereocenters. The van der Waals surface area contributed by atoms with Gasteiger partial charge in [0, 0.05) is 23.4 Å². The van der Waals surface area contributed by atoms with E-state index in [4.69, 9.17) is 9.47 Å². The molecule has 1 aliphatic heterocycles. The highest BCUT2D eigenvalue weighted by Crippen LogP contribution is 2.38. The lowest BCUT2D eigenvalue weighted by atomic mass is 10.1. The van der Waals surface area contributed by atoms with Crippen LogP contribution in [0.15, 0.2) is 30.3 Å². The van der Waals surface area contributed by atoms with Crippen LogP contribution in [-0.4, -0.2) is 28.8 Å². The Bertz CT molecular complexity index is 993. The van der Waals surface area contributed by atoms with Crippen LogP contribution in [0.25, 0.3) is 10.9 Å². The summed E-state index contributed by atoms with van der Waals surface area (Å²) in [7, 11) is 0. The van der Waals surface area contributed by atoms with Gasteiger partial charge >= 0.3 is 0 Å². The van der Waals surface area contributed by atoms with Gasteiger partial charge < -0.3 is 14.8 Å². The predicted molar refractivity (Wildman–Crippen MR) is 100 cm³/mol. The molecular formula is C20H21N3O3. The van der Waals surface area contributed by atoms with Crippen molar-refractivity contribution < 1.29 is 14.3 Å². The molecule has 0 bridgehead atoms. The molecule has 6 heteroatoms. The second-order valence-electron chi connectivity index (χ2n) is 6.60. The van der Waals surface area contributed by atoms with Crippen molar-refractivity contribution in [3.05, 3.63) is 47.2 Å². The second kappa shape index (κ2) is 6.37. The molecule has 0 saturated carbocycles. The number of anilines is 1. The Labute approximate surface area is 151 Å². The van der Waals surface area contributed by atoms with Gasteiger partial charge in [-0.2, -0.15) is 5.10 Å². The van der Waals surface area contributed by atoms with Crippen LogP contribution in [0.2, 0.25) is 0 Å². The standard InChI is InChI=1S/C20H21N3O3/c1-4-25-18-9-13-8-12(3)26-17(13)10-16(18)21-20(24)19-14-7-11(2)5-6-15(14)22-23-19/h5-7,9-10,12H,4,8H2,1-3H3,(H,21,24)(H,22,23). The monoisotopic (exact) mass is 351 g/mol. The summed E-state index contributed by atoms with van der Waals surface area (Å²) in [5.41, 5.74) is 3.95. The number of hydrogen-bond donors (Lipinski definition) is 2. The van der Waals surface area contributed by atoms with Gasteiger partial charge in [-0.15, -0.1) is 0 Å². The minimum atomic E-state index is -0.284. The van der Waals surface area contributed by atoms with Crippen molar-refractivity contribution in [1.82, 2.24) is 10.2 Å². The van der Waals surface area contributed by atoms with Crippen LogP contribution in [0.5, 0.6) is 11.5 Å². The summed E-state index contributed by atoms with van der Waals surface area (Å²) in [6.45, 7) is 6.45. The first-order valence-corrected chi connectivity index (χ1v) is 8.77. The number of nitrogens with zero attached hydrogens (tertiary/aromatic N) is 1. The van der Waals surface area contributed by atoms with Gasteiger partial charge in [0.1, 0.15) is 17.6 Å². The smallest absolute Gasteiger partial charge is 0.276 e. The molecule has 26 heavy (non-hydrogen) atoms. The number of amides is 1. The van der Waals surface area contributed by atoms with Gasteiger partial charge in [0.25, 0.3) is 5.91 Å². The van der Waals surface area contributed by atoms with E-state index >= 15 is 0 Å². The summed E-state index contributed by atoms with van der Waals surface area (Å²) in [5, 5.41) is 10.8. The fourth-order valence-corrected chi connectivity index (χ4v) is 3.29. The maximum atomic E-state index is 12.8. The third kappa shape index (κ3) is 2.87. The van der Waals surface area contributed by atoms with E-state index in [0.717, 1.165) is 34.2 Å². The zero-order valence-electron chi connectivity index (χ0n) is 15.1. The van der Waals surface area contributed by atoms with Crippen molar-refractivity contribution in [2.45, 2.75) is 33.3 Å². The van der Waals surface area contributed by atoms with Crippen LogP contribution in [-0.2, 0) is 6.42 Å². The van der Waals surface area contributed by atoms with Crippen LogP contribution in [0.1, 0.15) is 35.5 Å². The number of H-pyrrole nitrogens is 1. The fraction of sp³-hybridized carbons (Fsp3) is 0.300. The molecule has 0 radical (unpaired) electrons. The zero-order chi connectivity index (χ0) is 18.3. The quantitative estimate of drug-likeness (QED) is 0.749. The van der Waals surface area contributed by atoms with Gasteiger partial charge in [-0.3, -0.25) is 9.89 Å². The summed E-state index contributed by atoms with van der Waals surface area (Å²) >= 11 is 0. The molecule has 2 heterocycles. The van der Waals surface area contributed by atoms with E-state index in [1.165, 1.54) is 0 Å². The van der Waals surface area contributed by atoms with Crippen molar-refractivity contribution in [2.75, 3.05) is 11.9 Å². The van der Waals surface area contributed by atoms with Gasteiger partial charge in [0.15, 0.2) is 5.69 Å². The molecule has 0 fully saturated rings. The SMILES string of the molecule is CCOc1cc2c(cc1NC(=O)c1n[nH]c3ccc(C)cc13)OC(C)C2. The van der Waals surface area contributed by atoms with Crippen LogP contribution < -0.4 is 14.8 Å². The zero-order valence-corrected chi connectivity index (χ0v) is 15.1. The van der Waals surface area contributed by atoms with Gasteiger partial charge in [0.2, 0.25) is 0 Å². The topological polar surface area (TPSA) is 76.2 Å². The third-order valence-corrected chi connectivity index (χ3v) is 4.48.